The topological polar surface area (TPSA) is 24.9 Å². The highest BCUT2D eigenvalue weighted by Gasteiger charge is 2.51. The maximum atomic E-state index is 6.45. The molecule has 1 saturated heterocycles. The van der Waals surface area contributed by atoms with Crippen LogP contribution >= 0.6 is 0 Å². The second kappa shape index (κ2) is 21.9. The third kappa shape index (κ3) is 10.4. The Morgan fingerprint density at radius 1 is 0.259 bits per heavy atom. The molecule has 11 aromatic carbocycles. The van der Waals surface area contributed by atoms with E-state index in [1.165, 1.54) is 44.5 Å². The molecular formula is C80H79BN2O2. The number of hydrogen-bond donors (Lipinski definition) is 0. The molecule has 0 N–H and O–H groups in total. The van der Waals surface area contributed by atoms with Crippen molar-refractivity contribution in [2.24, 2.45) is 0 Å². The first-order valence-corrected chi connectivity index (χ1v) is 30.3. The van der Waals surface area contributed by atoms with Gasteiger partial charge in [0, 0.05) is 66.0 Å². The molecule has 11 aromatic rings. The molecule has 0 bridgehead atoms. The van der Waals surface area contributed by atoms with Crippen LogP contribution < -0.4 is 15.3 Å². The van der Waals surface area contributed by atoms with Crippen molar-refractivity contribution in [1.29, 1.82) is 0 Å². The summed E-state index contributed by atoms with van der Waals surface area (Å²) in [6.45, 7) is 27.0. The normalized spacial score (nSPS) is 14.4. The molecule has 0 aromatic heterocycles. The fraction of sp³-hybridized carbons (Fsp3) is 0.225. The van der Waals surface area contributed by atoms with E-state index in [-0.39, 0.29) is 21.7 Å². The number of hydrogen-bond acceptors (Lipinski definition) is 4. The lowest BCUT2D eigenvalue weighted by Gasteiger charge is -2.34. The van der Waals surface area contributed by atoms with Crippen LogP contribution in [0.2, 0.25) is 0 Å². The Kier molecular flexibility index (Phi) is 14.7. The van der Waals surface area contributed by atoms with Gasteiger partial charge in [-0.15, -0.1) is 0 Å². The van der Waals surface area contributed by atoms with E-state index in [9.17, 15) is 0 Å². The molecule has 85 heavy (non-hydrogen) atoms. The van der Waals surface area contributed by atoms with Crippen LogP contribution in [0.3, 0.4) is 0 Å². The lowest BCUT2D eigenvalue weighted by Crippen LogP contribution is -2.41. The predicted molar refractivity (Wildman–Crippen MR) is 361 cm³/mol. The van der Waals surface area contributed by atoms with E-state index in [4.69, 9.17) is 9.31 Å². The summed E-state index contributed by atoms with van der Waals surface area (Å²) in [7, 11) is -0.413. The Bertz CT molecular complexity index is 3970. The number of rotatable bonds is 15. The van der Waals surface area contributed by atoms with Crippen LogP contribution in [-0.2, 0) is 31.0 Å². The summed E-state index contributed by atoms with van der Waals surface area (Å²) in [5.74, 6) is 0. The molecule has 424 valence electrons. The van der Waals surface area contributed by atoms with Crippen LogP contribution in [0, 0.1) is 0 Å². The zero-order chi connectivity index (χ0) is 59.5. The van der Waals surface area contributed by atoms with E-state index in [2.05, 4.69) is 354 Å². The SMILES string of the molecule is CC(C)(c1ccccc1)c1ccc(N(c2ccc(C(C)(C)c3ccccc3)cc2)c2c3ccccc3c(N(c3ccc(C(C)(C)c4ccccc4)cc3)c3ccc(C(C)(C)c4ccc(B5OC(C)(C)C(C)(C)O5)cc4)cc3)c3ccccc23)cc1. The van der Waals surface area contributed by atoms with Crippen LogP contribution in [0.1, 0.15) is 128 Å². The average Bonchev–Trinajstić information content (AvgIpc) is 1.97. The Morgan fingerprint density at radius 2 is 0.459 bits per heavy atom. The highest BCUT2D eigenvalue weighted by molar-refractivity contribution is 6.62. The van der Waals surface area contributed by atoms with E-state index in [0.29, 0.717) is 0 Å². The van der Waals surface area contributed by atoms with Gasteiger partial charge >= 0.3 is 7.12 Å². The first-order chi connectivity index (χ1) is 40.7. The summed E-state index contributed by atoms with van der Waals surface area (Å²) in [6, 6.07) is 96.6. The average molecular weight is 1110 g/mol. The van der Waals surface area contributed by atoms with E-state index in [1.807, 2.05) is 0 Å². The van der Waals surface area contributed by atoms with Gasteiger partial charge in [-0.1, -0.05) is 268 Å². The smallest absolute Gasteiger partial charge is 0.399 e. The van der Waals surface area contributed by atoms with Crippen LogP contribution in [0.15, 0.2) is 261 Å². The Morgan fingerprint density at radius 3 is 0.694 bits per heavy atom. The van der Waals surface area contributed by atoms with Crippen molar-refractivity contribution in [3.05, 3.63) is 305 Å². The number of nitrogens with zero attached hydrogens (tertiary/aromatic N) is 2. The van der Waals surface area contributed by atoms with E-state index >= 15 is 0 Å². The summed E-state index contributed by atoms with van der Waals surface area (Å²) in [5, 5.41) is 4.58. The summed E-state index contributed by atoms with van der Waals surface area (Å²) in [4.78, 5) is 4.99. The minimum Gasteiger partial charge on any atom is -0.399 e. The van der Waals surface area contributed by atoms with Crippen molar-refractivity contribution in [3.63, 3.8) is 0 Å². The Labute approximate surface area is 505 Å². The van der Waals surface area contributed by atoms with Crippen molar-refractivity contribution in [2.45, 2.75) is 116 Å². The monoisotopic (exact) mass is 1110 g/mol. The van der Waals surface area contributed by atoms with Crippen LogP contribution in [0.5, 0.6) is 0 Å². The van der Waals surface area contributed by atoms with Crippen molar-refractivity contribution >= 4 is 68.3 Å². The minimum absolute atomic E-state index is 0.204. The molecule has 1 aliphatic heterocycles. The first-order valence-electron chi connectivity index (χ1n) is 30.3. The van der Waals surface area contributed by atoms with Crippen molar-refractivity contribution in [2.75, 3.05) is 9.80 Å². The zero-order valence-corrected chi connectivity index (χ0v) is 51.6. The largest absolute Gasteiger partial charge is 0.494 e. The van der Waals surface area contributed by atoms with E-state index < -0.39 is 18.3 Å². The molecular weight excluding hydrogens is 1030 g/mol. The molecule has 4 nitrogen and oxygen atoms in total. The molecule has 0 unspecified atom stereocenters. The second-order valence-corrected chi connectivity index (χ2v) is 26.5. The van der Waals surface area contributed by atoms with Crippen LogP contribution in [-0.4, -0.2) is 18.3 Å². The van der Waals surface area contributed by atoms with Crippen molar-refractivity contribution < 1.29 is 9.31 Å². The van der Waals surface area contributed by atoms with Gasteiger partial charge in [-0.2, -0.15) is 0 Å². The van der Waals surface area contributed by atoms with Gasteiger partial charge in [0.05, 0.1) is 22.6 Å². The summed E-state index contributed by atoms with van der Waals surface area (Å²) in [5.41, 5.74) is 15.9. The highest BCUT2D eigenvalue weighted by atomic mass is 16.7. The summed E-state index contributed by atoms with van der Waals surface area (Å²) < 4.78 is 12.9. The molecule has 0 amide bonds. The van der Waals surface area contributed by atoms with Gasteiger partial charge in [-0.25, -0.2) is 0 Å². The lowest BCUT2D eigenvalue weighted by molar-refractivity contribution is 0.00578. The first kappa shape index (κ1) is 57.0. The molecule has 12 rings (SSSR count). The molecule has 0 spiro atoms. The second-order valence-electron chi connectivity index (χ2n) is 26.5. The van der Waals surface area contributed by atoms with Crippen LogP contribution in [0.4, 0.5) is 34.1 Å². The standard InChI is InChI=1S/C80H79BN2O2/c1-75(2,56-26-16-13-17-27-56)60-38-48-65(49-39-60)82(66-50-40-61(41-51-66)76(3,4)57-28-18-14-19-29-57)73-69-32-22-24-34-71(69)74(72-35-25-23-33-70(72)73)83(67-52-42-62(43-53-67)77(5,6)58-30-20-15-21-31-58)68-54-44-63(45-55-68)78(7,8)59-36-46-64(47-37-59)81-84-79(9,10)80(11,12)85-81/h13-55H,1-12H3. The quantitative estimate of drug-likeness (QED) is 0.0580. The van der Waals surface area contributed by atoms with Gasteiger partial charge < -0.3 is 19.1 Å². The predicted octanol–water partition coefficient (Wildman–Crippen LogP) is 20.5. The molecule has 0 radical (unpaired) electrons. The van der Waals surface area contributed by atoms with E-state index in [1.54, 1.807) is 0 Å². The minimum atomic E-state index is -0.413. The highest BCUT2D eigenvalue weighted by Crippen LogP contribution is 2.52. The number of fused-ring (bicyclic) bond motifs is 2. The molecule has 5 heteroatoms. The fourth-order valence-corrected chi connectivity index (χ4v) is 12.8. The maximum absolute atomic E-state index is 6.45. The number of anilines is 6. The van der Waals surface area contributed by atoms with E-state index in [0.717, 1.165) is 61.1 Å². The lowest BCUT2D eigenvalue weighted by atomic mass is 9.74. The van der Waals surface area contributed by atoms with Gasteiger partial charge in [-0.05, 0) is 126 Å². The third-order valence-corrected chi connectivity index (χ3v) is 19.4. The molecule has 0 atom stereocenters. The van der Waals surface area contributed by atoms with Gasteiger partial charge in [0.25, 0.3) is 0 Å². The third-order valence-electron chi connectivity index (χ3n) is 19.4. The summed E-state index contributed by atoms with van der Waals surface area (Å²) in [6.07, 6.45) is 0. The number of benzene rings is 11. The van der Waals surface area contributed by atoms with Gasteiger partial charge in [0.2, 0.25) is 0 Å². The summed E-state index contributed by atoms with van der Waals surface area (Å²) >= 11 is 0. The molecule has 0 aliphatic carbocycles. The molecule has 0 saturated carbocycles. The molecule has 1 heterocycles. The van der Waals surface area contributed by atoms with Crippen LogP contribution in [0.25, 0.3) is 21.5 Å². The Hall–Kier alpha value is -8.48. The zero-order valence-electron chi connectivity index (χ0n) is 51.6. The molecule has 1 fully saturated rings. The van der Waals surface area contributed by atoms with Crippen molar-refractivity contribution in [3.8, 4) is 0 Å². The molecule has 1 aliphatic rings. The van der Waals surface area contributed by atoms with Gasteiger partial charge in [0.1, 0.15) is 0 Å². The van der Waals surface area contributed by atoms with Gasteiger partial charge in [-0.3, -0.25) is 0 Å². The van der Waals surface area contributed by atoms with Gasteiger partial charge in [0.15, 0.2) is 0 Å². The fourth-order valence-electron chi connectivity index (χ4n) is 12.8. The van der Waals surface area contributed by atoms with Crippen molar-refractivity contribution in [1.82, 2.24) is 0 Å². The Balaban J connectivity index is 1.02. The maximum Gasteiger partial charge on any atom is 0.494 e.